The number of nitrogens with zero attached hydrogens (tertiary/aromatic N) is 2. The molecule has 1 N–H and O–H groups in total. The fourth-order valence-corrected chi connectivity index (χ4v) is 3.15. The van der Waals surface area contributed by atoms with Crippen molar-refractivity contribution in [3.8, 4) is 11.5 Å². The van der Waals surface area contributed by atoms with Gasteiger partial charge in [-0.2, -0.15) is 0 Å². The van der Waals surface area contributed by atoms with Gasteiger partial charge in [0.1, 0.15) is 5.56 Å². The first-order chi connectivity index (χ1) is 14.0. The molecule has 0 spiro atoms. The number of methoxy groups -OCH3 is 2. The molecule has 2 aromatic rings. The Labute approximate surface area is 168 Å². The van der Waals surface area contributed by atoms with E-state index in [-0.39, 0.29) is 17.8 Å². The Hall–Kier alpha value is -3.33. The van der Waals surface area contributed by atoms with Crippen molar-refractivity contribution in [3.05, 3.63) is 57.6 Å². The Balaban J connectivity index is 1.79. The van der Waals surface area contributed by atoms with Gasteiger partial charge in [-0.1, -0.05) is 6.07 Å². The Bertz CT molecular complexity index is 896. The van der Waals surface area contributed by atoms with Crippen molar-refractivity contribution in [2.45, 2.75) is 6.54 Å². The van der Waals surface area contributed by atoms with E-state index < -0.39 is 10.8 Å². The van der Waals surface area contributed by atoms with E-state index in [1.807, 2.05) is 4.90 Å². The number of nitrogens with one attached hydrogen (secondary N) is 1. The van der Waals surface area contributed by atoms with Crippen LogP contribution in [-0.4, -0.2) is 51.4 Å². The minimum absolute atomic E-state index is 0.0273. The van der Waals surface area contributed by atoms with Crippen LogP contribution in [0.2, 0.25) is 0 Å². The molecule has 1 fully saturated rings. The molecule has 1 saturated heterocycles. The van der Waals surface area contributed by atoms with Gasteiger partial charge in [-0.05, 0) is 29.8 Å². The number of nitro benzene ring substituents is 1. The first kappa shape index (κ1) is 20.4. The SMILES string of the molecule is COc1ccc(CNC(=O)c2cc(N3CCOCC3)ccc2[N+](=O)[O-])cc1OC. The van der Waals surface area contributed by atoms with E-state index in [2.05, 4.69) is 5.32 Å². The Morgan fingerprint density at radius 3 is 2.52 bits per heavy atom. The molecular weight excluding hydrogens is 378 g/mol. The van der Waals surface area contributed by atoms with Crippen molar-refractivity contribution in [2.75, 3.05) is 45.4 Å². The summed E-state index contributed by atoms with van der Waals surface area (Å²) in [6, 6.07) is 9.87. The standard InChI is InChI=1S/C20H23N3O6/c1-27-18-6-3-14(11-19(18)28-2)13-21-20(24)16-12-15(4-5-17(16)23(25)26)22-7-9-29-10-8-22/h3-6,11-12H,7-10,13H2,1-2H3,(H,21,24). The number of carbonyl (C=O) groups is 1. The minimum Gasteiger partial charge on any atom is -0.493 e. The van der Waals surface area contributed by atoms with E-state index in [1.165, 1.54) is 13.2 Å². The van der Waals surface area contributed by atoms with Crippen molar-refractivity contribution in [1.82, 2.24) is 5.32 Å². The second kappa shape index (κ2) is 9.24. The van der Waals surface area contributed by atoms with E-state index >= 15 is 0 Å². The Morgan fingerprint density at radius 2 is 1.86 bits per heavy atom. The lowest BCUT2D eigenvalue weighted by Gasteiger charge is -2.29. The predicted octanol–water partition coefficient (Wildman–Crippen LogP) is 2.38. The van der Waals surface area contributed by atoms with Crippen molar-refractivity contribution >= 4 is 17.3 Å². The quantitative estimate of drug-likeness (QED) is 0.561. The van der Waals surface area contributed by atoms with Crippen molar-refractivity contribution in [1.29, 1.82) is 0 Å². The van der Waals surface area contributed by atoms with Crippen LogP contribution < -0.4 is 19.7 Å². The number of benzene rings is 2. The van der Waals surface area contributed by atoms with E-state index in [0.717, 1.165) is 11.3 Å². The lowest BCUT2D eigenvalue weighted by atomic mass is 10.1. The lowest BCUT2D eigenvalue weighted by molar-refractivity contribution is -0.385. The van der Waals surface area contributed by atoms with E-state index in [9.17, 15) is 14.9 Å². The molecule has 0 radical (unpaired) electrons. The highest BCUT2D eigenvalue weighted by Gasteiger charge is 2.23. The molecule has 0 unspecified atom stereocenters. The van der Waals surface area contributed by atoms with Crippen LogP contribution in [0.1, 0.15) is 15.9 Å². The van der Waals surface area contributed by atoms with Crippen LogP contribution in [0.4, 0.5) is 11.4 Å². The number of hydrogen-bond donors (Lipinski definition) is 1. The van der Waals surface area contributed by atoms with Crippen LogP contribution in [0.15, 0.2) is 36.4 Å². The van der Waals surface area contributed by atoms with E-state index in [0.29, 0.717) is 37.8 Å². The summed E-state index contributed by atoms with van der Waals surface area (Å²) in [6.07, 6.45) is 0. The molecule has 1 heterocycles. The maximum Gasteiger partial charge on any atom is 0.282 e. The normalized spacial score (nSPS) is 13.7. The molecule has 29 heavy (non-hydrogen) atoms. The smallest absolute Gasteiger partial charge is 0.282 e. The number of ether oxygens (including phenoxy) is 3. The third kappa shape index (κ3) is 4.75. The zero-order valence-electron chi connectivity index (χ0n) is 16.3. The second-order valence-corrected chi connectivity index (χ2v) is 6.43. The molecule has 0 atom stereocenters. The van der Waals surface area contributed by atoms with Crippen LogP contribution >= 0.6 is 0 Å². The monoisotopic (exact) mass is 401 g/mol. The first-order valence-corrected chi connectivity index (χ1v) is 9.13. The largest absolute Gasteiger partial charge is 0.493 e. The molecule has 0 saturated carbocycles. The molecular formula is C20H23N3O6. The van der Waals surface area contributed by atoms with Crippen molar-refractivity contribution < 1.29 is 23.9 Å². The fraction of sp³-hybridized carbons (Fsp3) is 0.350. The molecule has 9 heteroatoms. The van der Waals surface area contributed by atoms with Crippen LogP contribution in [0.3, 0.4) is 0 Å². The third-order valence-corrected chi connectivity index (χ3v) is 4.70. The van der Waals surface area contributed by atoms with E-state index in [4.69, 9.17) is 14.2 Å². The average Bonchev–Trinajstić information content (AvgIpc) is 2.77. The third-order valence-electron chi connectivity index (χ3n) is 4.70. The molecule has 1 aliphatic heterocycles. The number of rotatable bonds is 7. The molecule has 0 aliphatic carbocycles. The summed E-state index contributed by atoms with van der Waals surface area (Å²) in [4.78, 5) is 25.6. The summed E-state index contributed by atoms with van der Waals surface area (Å²) in [7, 11) is 3.07. The van der Waals surface area contributed by atoms with Gasteiger partial charge in [0.2, 0.25) is 0 Å². The molecule has 9 nitrogen and oxygen atoms in total. The summed E-state index contributed by atoms with van der Waals surface area (Å²) < 4.78 is 15.8. The number of nitro groups is 1. The van der Waals surface area contributed by atoms with Crippen LogP contribution in [-0.2, 0) is 11.3 Å². The highest BCUT2D eigenvalue weighted by Crippen LogP contribution is 2.28. The molecule has 0 aromatic heterocycles. The summed E-state index contributed by atoms with van der Waals surface area (Å²) in [5.74, 6) is 0.609. The summed E-state index contributed by atoms with van der Waals surface area (Å²) >= 11 is 0. The molecule has 2 aromatic carbocycles. The summed E-state index contributed by atoms with van der Waals surface area (Å²) in [5.41, 5.74) is 1.34. The maximum atomic E-state index is 12.7. The molecule has 1 amide bonds. The maximum absolute atomic E-state index is 12.7. The number of anilines is 1. The highest BCUT2D eigenvalue weighted by atomic mass is 16.6. The highest BCUT2D eigenvalue weighted by molar-refractivity contribution is 5.99. The average molecular weight is 401 g/mol. The Morgan fingerprint density at radius 1 is 1.14 bits per heavy atom. The van der Waals surface area contributed by atoms with Gasteiger partial charge in [0.15, 0.2) is 11.5 Å². The fourth-order valence-electron chi connectivity index (χ4n) is 3.15. The first-order valence-electron chi connectivity index (χ1n) is 9.13. The minimum atomic E-state index is -0.547. The van der Waals surface area contributed by atoms with Crippen molar-refractivity contribution in [2.24, 2.45) is 0 Å². The topological polar surface area (TPSA) is 103 Å². The zero-order chi connectivity index (χ0) is 20.8. The van der Waals surface area contributed by atoms with Crippen LogP contribution in [0.25, 0.3) is 0 Å². The van der Waals surface area contributed by atoms with Gasteiger partial charge in [-0.15, -0.1) is 0 Å². The zero-order valence-corrected chi connectivity index (χ0v) is 16.3. The second-order valence-electron chi connectivity index (χ2n) is 6.43. The van der Waals surface area contributed by atoms with Gasteiger partial charge in [-0.25, -0.2) is 0 Å². The predicted molar refractivity (Wildman–Crippen MR) is 107 cm³/mol. The van der Waals surface area contributed by atoms with Gasteiger partial charge < -0.3 is 24.4 Å². The molecule has 154 valence electrons. The van der Waals surface area contributed by atoms with Crippen LogP contribution in [0, 0.1) is 10.1 Å². The van der Waals surface area contributed by atoms with Gasteiger partial charge in [0.25, 0.3) is 11.6 Å². The number of amides is 1. The number of morpholine rings is 1. The number of hydrogen-bond acceptors (Lipinski definition) is 7. The van der Waals surface area contributed by atoms with Gasteiger partial charge in [0, 0.05) is 31.4 Å². The van der Waals surface area contributed by atoms with Gasteiger partial charge >= 0.3 is 0 Å². The summed E-state index contributed by atoms with van der Waals surface area (Å²) in [6.45, 7) is 2.70. The number of carbonyl (C=O) groups excluding carboxylic acids is 1. The Kier molecular flexibility index (Phi) is 6.50. The molecule has 3 rings (SSSR count). The molecule has 1 aliphatic rings. The summed E-state index contributed by atoms with van der Waals surface area (Å²) in [5, 5.41) is 14.2. The van der Waals surface area contributed by atoms with E-state index in [1.54, 1.807) is 37.4 Å². The van der Waals surface area contributed by atoms with Crippen molar-refractivity contribution in [3.63, 3.8) is 0 Å². The van der Waals surface area contributed by atoms with Gasteiger partial charge in [0.05, 0.1) is 32.4 Å². The lowest BCUT2D eigenvalue weighted by Crippen LogP contribution is -2.36. The molecule has 0 bridgehead atoms. The van der Waals surface area contributed by atoms with Crippen LogP contribution in [0.5, 0.6) is 11.5 Å². The van der Waals surface area contributed by atoms with Gasteiger partial charge in [-0.3, -0.25) is 14.9 Å².